The summed E-state index contributed by atoms with van der Waals surface area (Å²) in [5, 5.41) is 0. The molecule has 1 aromatic heterocycles. The fourth-order valence-corrected chi connectivity index (χ4v) is 1.32. The summed E-state index contributed by atoms with van der Waals surface area (Å²) in [6, 6.07) is 0.437. The van der Waals surface area contributed by atoms with E-state index in [2.05, 4.69) is 35.6 Å². The van der Waals surface area contributed by atoms with Crippen LogP contribution in [0.4, 0.5) is 5.82 Å². The molecule has 0 spiro atoms. The van der Waals surface area contributed by atoms with Gasteiger partial charge in [-0.25, -0.2) is 4.98 Å². The summed E-state index contributed by atoms with van der Waals surface area (Å²) in [6.45, 7) is 7.01. The zero-order valence-corrected chi connectivity index (χ0v) is 9.94. The first-order valence-electron chi connectivity index (χ1n) is 5.30. The van der Waals surface area contributed by atoms with Crippen molar-refractivity contribution in [3.8, 4) is 0 Å². The van der Waals surface area contributed by atoms with Crippen molar-refractivity contribution in [2.24, 2.45) is 11.7 Å². The molecule has 0 amide bonds. The second-order valence-corrected chi connectivity index (χ2v) is 4.17. The highest BCUT2D eigenvalue weighted by Crippen LogP contribution is 2.15. The zero-order chi connectivity index (χ0) is 11.4. The molecule has 1 aromatic rings. The molecular weight excluding hydrogens is 188 g/mol. The fourth-order valence-electron chi connectivity index (χ4n) is 1.32. The maximum Gasteiger partial charge on any atom is 0.147 e. The largest absolute Gasteiger partial charge is 0.355 e. The highest BCUT2D eigenvalue weighted by Gasteiger charge is 2.14. The van der Waals surface area contributed by atoms with Crippen LogP contribution < -0.4 is 10.6 Å². The molecule has 2 N–H and O–H groups in total. The Morgan fingerprint density at radius 2 is 2.00 bits per heavy atom. The van der Waals surface area contributed by atoms with Crippen molar-refractivity contribution in [2.75, 3.05) is 11.9 Å². The molecule has 1 rings (SSSR count). The first-order valence-corrected chi connectivity index (χ1v) is 5.30. The highest BCUT2D eigenvalue weighted by atomic mass is 15.2. The first-order chi connectivity index (χ1) is 7.06. The summed E-state index contributed by atoms with van der Waals surface area (Å²) in [5.74, 6) is 1.47. The van der Waals surface area contributed by atoms with Crippen LogP contribution in [0, 0.1) is 5.92 Å². The summed E-state index contributed by atoms with van der Waals surface area (Å²) in [6.07, 6.45) is 3.48. The van der Waals surface area contributed by atoms with E-state index in [0.29, 0.717) is 18.5 Å². The van der Waals surface area contributed by atoms with Gasteiger partial charge < -0.3 is 10.6 Å². The standard InChI is InChI=1S/C11H20N4/c1-8(2)9(3)15(4)11-7-13-6-10(5-12)14-11/h6-9H,5,12H2,1-4H3. The Morgan fingerprint density at radius 3 is 2.53 bits per heavy atom. The van der Waals surface area contributed by atoms with Crippen LogP contribution in [0.5, 0.6) is 0 Å². The molecule has 15 heavy (non-hydrogen) atoms. The van der Waals surface area contributed by atoms with Crippen molar-refractivity contribution in [2.45, 2.75) is 33.4 Å². The van der Waals surface area contributed by atoms with E-state index < -0.39 is 0 Å². The summed E-state index contributed by atoms with van der Waals surface area (Å²) in [5.41, 5.74) is 6.36. The molecule has 84 valence electrons. The first kappa shape index (κ1) is 11.9. The van der Waals surface area contributed by atoms with Crippen molar-refractivity contribution < 1.29 is 0 Å². The molecule has 0 aliphatic carbocycles. The van der Waals surface area contributed by atoms with Gasteiger partial charge in [0.1, 0.15) is 5.82 Å². The van der Waals surface area contributed by atoms with Crippen LogP contribution in [0.1, 0.15) is 26.5 Å². The Hall–Kier alpha value is -1.16. The second-order valence-electron chi connectivity index (χ2n) is 4.17. The van der Waals surface area contributed by atoms with Crippen molar-refractivity contribution in [1.29, 1.82) is 0 Å². The number of rotatable bonds is 4. The normalized spacial score (nSPS) is 12.9. The van der Waals surface area contributed by atoms with Gasteiger partial charge in [-0.15, -0.1) is 0 Å². The van der Waals surface area contributed by atoms with E-state index in [1.807, 2.05) is 7.05 Å². The number of nitrogens with zero attached hydrogens (tertiary/aromatic N) is 3. The molecule has 4 nitrogen and oxygen atoms in total. The van der Waals surface area contributed by atoms with Crippen molar-refractivity contribution >= 4 is 5.82 Å². The van der Waals surface area contributed by atoms with E-state index in [0.717, 1.165) is 11.5 Å². The summed E-state index contributed by atoms with van der Waals surface area (Å²) < 4.78 is 0. The van der Waals surface area contributed by atoms with Gasteiger partial charge in [0, 0.05) is 25.8 Å². The molecule has 0 saturated carbocycles. The van der Waals surface area contributed by atoms with E-state index in [-0.39, 0.29) is 0 Å². The van der Waals surface area contributed by atoms with Crippen molar-refractivity contribution in [3.05, 3.63) is 18.1 Å². The Kier molecular flexibility index (Phi) is 4.03. The highest BCUT2D eigenvalue weighted by molar-refractivity contribution is 5.36. The minimum atomic E-state index is 0.435. The third kappa shape index (κ3) is 2.89. The Bertz CT molecular complexity index is 311. The number of hydrogen-bond acceptors (Lipinski definition) is 4. The molecule has 0 aliphatic rings. The van der Waals surface area contributed by atoms with Crippen LogP contribution in [0.3, 0.4) is 0 Å². The molecule has 1 heterocycles. The van der Waals surface area contributed by atoms with Crippen LogP contribution in [0.15, 0.2) is 12.4 Å². The van der Waals surface area contributed by atoms with Gasteiger partial charge in [-0.3, -0.25) is 4.98 Å². The Labute approximate surface area is 91.5 Å². The van der Waals surface area contributed by atoms with Gasteiger partial charge in [0.25, 0.3) is 0 Å². The predicted molar refractivity (Wildman–Crippen MR) is 62.6 cm³/mol. The molecule has 0 radical (unpaired) electrons. The van der Waals surface area contributed by atoms with Gasteiger partial charge in [-0.1, -0.05) is 13.8 Å². The van der Waals surface area contributed by atoms with Gasteiger partial charge in [-0.2, -0.15) is 0 Å². The minimum absolute atomic E-state index is 0.435. The Balaban J connectivity index is 2.85. The van der Waals surface area contributed by atoms with Crippen LogP contribution in [0.2, 0.25) is 0 Å². The second kappa shape index (κ2) is 5.07. The summed E-state index contributed by atoms with van der Waals surface area (Å²) >= 11 is 0. The average Bonchev–Trinajstić information content (AvgIpc) is 2.27. The quantitative estimate of drug-likeness (QED) is 0.813. The molecule has 1 atom stereocenters. The third-order valence-corrected chi connectivity index (χ3v) is 2.82. The third-order valence-electron chi connectivity index (χ3n) is 2.82. The SMILES string of the molecule is CC(C)C(C)N(C)c1cncc(CN)n1. The van der Waals surface area contributed by atoms with Gasteiger partial charge in [0.2, 0.25) is 0 Å². The van der Waals surface area contributed by atoms with Gasteiger partial charge >= 0.3 is 0 Å². The monoisotopic (exact) mass is 208 g/mol. The topological polar surface area (TPSA) is 55.0 Å². The summed E-state index contributed by atoms with van der Waals surface area (Å²) in [4.78, 5) is 10.7. The summed E-state index contributed by atoms with van der Waals surface area (Å²) in [7, 11) is 2.04. The molecule has 4 heteroatoms. The van der Waals surface area contributed by atoms with Crippen LogP contribution in [-0.2, 0) is 6.54 Å². The lowest BCUT2D eigenvalue weighted by Gasteiger charge is -2.28. The molecule has 1 unspecified atom stereocenters. The number of hydrogen-bond donors (Lipinski definition) is 1. The predicted octanol–water partition coefficient (Wildman–Crippen LogP) is 1.42. The Morgan fingerprint density at radius 1 is 1.33 bits per heavy atom. The molecule has 0 aromatic carbocycles. The van der Waals surface area contributed by atoms with E-state index in [9.17, 15) is 0 Å². The maximum absolute atomic E-state index is 5.53. The minimum Gasteiger partial charge on any atom is -0.355 e. The van der Waals surface area contributed by atoms with E-state index in [1.54, 1.807) is 12.4 Å². The van der Waals surface area contributed by atoms with Gasteiger partial charge in [0.05, 0.1) is 11.9 Å². The lowest BCUT2D eigenvalue weighted by Crippen LogP contribution is -2.34. The van der Waals surface area contributed by atoms with Crippen LogP contribution in [-0.4, -0.2) is 23.1 Å². The van der Waals surface area contributed by atoms with Crippen molar-refractivity contribution in [3.63, 3.8) is 0 Å². The fraction of sp³-hybridized carbons (Fsp3) is 0.636. The molecule has 0 fully saturated rings. The number of anilines is 1. The zero-order valence-electron chi connectivity index (χ0n) is 9.94. The lowest BCUT2D eigenvalue weighted by atomic mass is 10.1. The average molecular weight is 208 g/mol. The molecule has 0 saturated heterocycles. The number of aromatic nitrogens is 2. The van der Waals surface area contributed by atoms with E-state index in [1.165, 1.54) is 0 Å². The lowest BCUT2D eigenvalue weighted by molar-refractivity contribution is 0.502. The van der Waals surface area contributed by atoms with Crippen molar-refractivity contribution in [1.82, 2.24) is 9.97 Å². The molecule has 0 aliphatic heterocycles. The molecular formula is C11H20N4. The van der Waals surface area contributed by atoms with Crippen LogP contribution >= 0.6 is 0 Å². The van der Waals surface area contributed by atoms with Gasteiger partial charge in [-0.05, 0) is 12.8 Å². The van der Waals surface area contributed by atoms with Gasteiger partial charge in [0.15, 0.2) is 0 Å². The van der Waals surface area contributed by atoms with E-state index in [4.69, 9.17) is 5.73 Å². The number of nitrogens with two attached hydrogens (primary N) is 1. The van der Waals surface area contributed by atoms with E-state index >= 15 is 0 Å². The maximum atomic E-state index is 5.53. The molecule has 0 bridgehead atoms. The smallest absolute Gasteiger partial charge is 0.147 e. The van der Waals surface area contributed by atoms with Crippen LogP contribution in [0.25, 0.3) is 0 Å².